The third kappa shape index (κ3) is 4.04. The lowest BCUT2D eigenvalue weighted by atomic mass is 9.96. The molecule has 2 aromatic carbocycles. The third-order valence-electron chi connectivity index (χ3n) is 5.25. The van der Waals surface area contributed by atoms with Crippen molar-refractivity contribution < 1.29 is 9.59 Å². The Hall–Kier alpha value is -2.79. The molecule has 0 spiro atoms. The van der Waals surface area contributed by atoms with Crippen molar-refractivity contribution in [2.45, 2.75) is 19.3 Å². The molecule has 1 aliphatic heterocycles. The molecule has 144 valence electrons. The van der Waals surface area contributed by atoms with Crippen LogP contribution in [0.5, 0.6) is 0 Å². The third-order valence-corrected chi connectivity index (χ3v) is 5.49. The van der Waals surface area contributed by atoms with Crippen molar-refractivity contribution in [3.63, 3.8) is 0 Å². The zero-order valence-electron chi connectivity index (χ0n) is 15.5. The highest BCUT2D eigenvalue weighted by Gasteiger charge is 2.28. The summed E-state index contributed by atoms with van der Waals surface area (Å²) in [5.74, 6) is -0.212. The first-order valence-electron chi connectivity index (χ1n) is 9.49. The van der Waals surface area contributed by atoms with Crippen molar-refractivity contribution in [3.05, 3.63) is 65.3 Å². The highest BCUT2D eigenvalue weighted by atomic mass is 35.5. The smallest absolute Gasteiger partial charge is 0.229 e. The van der Waals surface area contributed by atoms with Crippen molar-refractivity contribution in [3.8, 4) is 0 Å². The second-order valence-electron chi connectivity index (χ2n) is 7.21. The second kappa shape index (κ2) is 8.07. The molecule has 2 N–H and O–H groups in total. The first-order chi connectivity index (χ1) is 13.6. The quantitative estimate of drug-likeness (QED) is 0.693. The Morgan fingerprint density at radius 1 is 1.18 bits per heavy atom. The van der Waals surface area contributed by atoms with E-state index in [2.05, 4.69) is 10.3 Å². The number of aromatic amines is 1. The van der Waals surface area contributed by atoms with Gasteiger partial charge < -0.3 is 15.2 Å². The molecular formula is C22H22ClN3O2. The van der Waals surface area contributed by atoms with Crippen LogP contribution in [-0.4, -0.2) is 34.8 Å². The van der Waals surface area contributed by atoms with Crippen molar-refractivity contribution in [1.82, 2.24) is 9.88 Å². The number of anilines is 1. The van der Waals surface area contributed by atoms with Gasteiger partial charge in [0.15, 0.2) is 0 Å². The van der Waals surface area contributed by atoms with Gasteiger partial charge in [-0.1, -0.05) is 35.9 Å². The molecule has 1 unspecified atom stereocenters. The van der Waals surface area contributed by atoms with E-state index in [0.29, 0.717) is 30.2 Å². The lowest BCUT2D eigenvalue weighted by molar-refractivity contribution is -0.133. The number of nitrogens with one attached hydrogen (secondary N) is 2. The molecule has 1 aliphatic rings. The van der Waals surface area contributed by atoms with Gasteiger partial charge in [0.05, 0.1) is 12.3 Å². The number of rotatable bonds is 4. The Labute approximate surface area is 168 Å². The highest BCUT2D eigenvalue weighted by Crippen LogP contribution is 2.23. The van der Waals surface area contributed by atoms with E-state index in [4.69, 9.17) is 11.6 Å². The van der Waals surface area contributed by atoms with E-state index in [-0.39, 0.29) is 17.7 Å². The lowest BCUT2D eigenvalue weighted by Crippen LogP contribution is -2.44. The highest BCUT2D eigenvalue weighted by molar-refractivity contribution is 6.30. The predicted molar refractivity (Wildman–Crippen MR) is 111 cm³/mol. The number of nitrogens with zero attached hydrogens (tertiary/aromatic N) is 1. The fraction of sp³-hybridized carbons (Fsp3) is 0.273. The Kier molecular flexibility index (Phi) is 5.35. The monoisotopic (exact) mass is 395 g/mol. The van der Waals surface area contributed by atoms with Crippen LogP contribution in [0.4, 0.5) is 5.69 Å². The number of amides is 2. The SMILES string of the molecule is O=C(Nc1cccc(Cl)c1)C1CCCN(C(=O)Cc2c[nH]c3ccccc23)C1. The molecule has 1 fully saturated rings. The summed E-state index contributed by atoms with van der Waals surface area (Å²) in [6.45, 7) is 1.15. The maximum absolute atomic E-state index is 12.8. The molecular weight excluding hydrogens is 374 g/mol. The summed E-state index contributed by atoms with van der Waals surface area (Å²) in [5.41, 5.74) is 2.70. The topological polar surface area (TPSA) is 65.2 Å². The number of benzene rings is 2. The largest absolute Gasteiger partial charge is 0.361 e. The summed E-state index contributed by atoms with van der Waals surface area (Å²) in [5, 5.41) is 4.57. The minimum atomic E-state index is -0.209. The minimum Gasteiger partial charge on any atom is -0.361 e. The standard InChI is InChI=1S/C22H22ClN3O2/c23-17-6-3-7-18(12-17)25-22(28)15-5-4-10-26(14-15)21(27)11-16-13-24-20-9-2-1-8-19(16)20/h1-3,6-9,12-13,15,24H,4-5,10-11,14H2,(H,25,28). The van der Waals surface area contributed by atoms with Gasteiger partial charge in [-0.05, 0) is 42.7 Å². The molecule has 5 nitrogen and oxygen atoms in total. The average Bonchev–Trinajstić information content (AvgIpc) is 3.11. The molecule has 1 saturated heterocycles. The number of hydrogen-bond donors (Lipinski definition) is 2. The van der Waals surface area contributed by atoms with E-state index in [1.165, 1.54) is 0 Å². The summed E-state index contributed by atoms with van der Waals surface area (Å²) in [4.78, 5) is 30.5. The van der Waals surface area contributed by atoms with Gasteiger partial charge in [0, 0.05) is 40.9 Å². The number of piperidine rings is 1. The molecule has 1 aromatic heterocycles. The van der Waals surface area contributed by atoms with Gasteiger partial charge in [-0.15, -0.1) is 0 Å². The maximum atomic E-state index is 12.8. The molecule has 1 atom stereocenters. The molecule has 0 saturated carbocycles. The first kappa shape index (κ1) is 18.6. The molecule has 0 bridgehead atoms. The number of H-pyrrole nitrogens is 1. The Morgan fingerprint density at radius 3 is 2.89 bits per heavy atom. The predicted octanol–water partition coefficient (Wildman–Crippen LogP) is 4.24. The molecule has 0 aliphatic carbocycles. The van der Waals surface area contributed by atoms with Gasteiger partial charge in [-0.2, -0.15) is 0 Å². The number of likely N-dealkylation sites (tertiary alicyclic amines) is 1. The zero-order chi connectivity index (χ0) is 19.5. The van der Waals surface area contributed by atoms with Crippen molar-refractivity contribution >= 4 is 40.0 Å². The number of carbonyl (C=O) groups is 2. The number of carbonyl (C=O) groups excluding carboxylic acids is 2. The lowest BCUT2D eigenvalue weighted by Gasteiger charge is -2.32. The van der Waals surface area contributed by atoms with Crippen LogP contribution in [0.2, 0.25) is 5.02 Å². The number of halogens is 1. The summed E-state index contributed by atoms with van der Waals surface area (Å²) in [6.07, 6.45) is 3.85. The summed E-state index contributed by atoms with van der Waals surface area (Å²) >= 11 is 5.98. The molecule has 2 amide bonds. The van der Waals surface area contributed by atoms with Crippen LogP contribution in [0.1, 0.15) is 18.4 Å². The van der Waals surface area contributed by atoms with E-state index < -0.39 is 0 Å². The van der Waals surface area contributed by atoms with Crippen LogP contribution in [0, 0.1) is 5.92 Å². The van der Waals surface area contributed by atoms with Gasteiger partial charge in [0.25, 0.3) is 0 Å². The summed E-state index contributed by atoms with van der Waals surface area (Å²) in [7, 11) is 0. The van der Waals surface area contributed by atoms with Gasteiger partial charge in [0.2, 0.25) is 11.8 Å². The molecule has 3 aromatic rings. The van der Waals surface area contributed by atoms with Gasteiger partial charge in [0.1, 0.15) is 0 Å². The Morgan fingerprint density at radius 2 is 2.04 bits per heavy atom. The van der Waals surface area contributed by atoms with Crippen molar-refractivity contribution in [1.29, 1.82) is 0 Å². The van der Waals surface area contributed by atoms with E-state index >= 15 is 0 Å². The molecule has 2 heterocycles. The number of para-hydroxylation sites is 1. The molecule has 6 heteroatoms. The van der Waals surface area contributed by atoms with Crippen LogP contribution in [-0.2, 0) is 16.0 Å². The fourth-order valence-corrected chi connectivity index (χ4v) is 3.97. The van der Waals surface area contributed by atoms with Crippen LogP contribution in [0.15, 0.2) is 54.7 Å². The van der Waals surface area contributed by atoms with Crippen LogP contribution in [0.25, 0.3) is 10.9 Å². The summed E-state index contributed by atoms with van der Waals surface area (Å²) < 4.78 is 0. The van der Waals surface area contributed by atoms with Crippen molar-refractivity contribution in [2.75, 3.05) is 18.4 Å². The number of aromatic nitrogens is 1. The minimum absolute atomic E-state index is 0.0602. The average molecular weight is 396 g/mol. The fourth-order valence-electron chi connectivity index (χ4n) is 3.78. The van der Waals surface area contributed by atoms with Crippen LogP contribution >= 0.6 is 11.6 Å². The molecule has 0 radical (unpaired) electrons. The van der Waals surface area contributed by atoms with Crippen molar-refractivity contribution in [2.24, 2.45) is 5.92 Å². The summed E-state index contributed by atoms with van der Waals surface area (Å²) in [6, 6.07) is 15.1. The first-order valence-corrected chi connectivity index (χ1v) is 9.87. The Bertz CT molecular complexity index is 1010. The van der Waals surface area contributed by atoms with E-state index in [0.717, 1.165) is 29.3 Å². The second-order valence-corrected chi connectivity index (χ2v) is 7.65. The van der Waals surface area contributed by atoms with E-state index in [9.17, 15) is 9.59 Å². The normalized spacial score (nSPS) is 16.9. The van der Waals surface area contributed by atoms with E-state index in [1.807, 2.05) is 41.4 Å². The van der Waals surface area contributed by atoms with Crippen LogP contribution in [0.3, 0.4) is 0 Å². The van der Waals surface area contributed by atoms with Crippen LogP contribution < -0.4 is 5.32 Å². The molecule has 28 heavy (non-hydrogen) atoms. The number of fused-ring (bicyclic) bond motifs is 1. The Balaban J connectivity index is 1.40. The van der Waals surface area contributed by atoms with E-state index in [1.54, 1.807) is 18.2 Å². The van der Waals surface area contributed by atoms with Gasteiger partial charge >= 0.3 is 0 Å². The molecule has 4 rings (SSSR count). The maximum Gasteiger partial charge on any atom is 0.229 e. The number of hydrogen-bond acceptors (Lipinski definition) is 2. The van der Waals surface area contributed by atoms with Gasteiger partial charge in [-0.3, -0.25) is 9.59 Å². The van der Waals surface area contributed by atoms with Gasteiger partial charge in [-0.25, -0.2) is 0 Å². The zero-order valence-corrected chi connectivity index (χ0v) is 16.2.